The van der Waals surface area contributed by atoms with Crippen molar-refractivity contribution < 1.29 is 48.6 Å². The van der Waals surface area contributed by atoms with Gasteiger partial charge < -0.3 is 69.9 Å². The second-order valence-corrected chi connectivity index (χ2v) is 16.6. The summed E-state index contributed by atoms with van der Waals surface area (Å²) in [7, 11) is 0. The van der Waals surface area contributed by atoms with E-state index < -0.39 is 108 Å². The van der Waals surface area contributed by atoms with Gasteiger partial charge in [0.05, 0.1) is 12.1 Å². The van der Waals surface area contributed by atoms with Crippen LogP contribution < -0.4 is 54.8 Å². The van der Waals surface area contributed by atoms with Crippen molar-refractivity contribution >= 4 is 65.0 Å². The summed E-state index contributed by atoms with van der Waals surface area (Å²) in [5, 5.41) is 35.1. The molecule has 1 heterocycles. The van der Waals surface area contributed by atoms with E-state index in [0.29, 0.717) is 12.2 Å². The summed E-state index contributed by atoms with van der Waals surface area (Å²) in [6.07, 6.45) is 1.47. The number of aliphatic imine (C=N–C) groups is 1. The molecular formula is C37H68N12O10S. The molecule has 0 unspecified atom stereocenters. The van der Waals surface area contributed by atoms with E-state index >= 15 is 0 Å². The second kappa shape index (κ2) is 26.5. The fourth-order valence-corrected chi connectivity index (χ4v) is 6.63. The number of likely N-dealkylation sites (tertiary alicyclic amines) is 1. The number of aliphatic hydroxyl groups excluding tert-OH is 1. The molecule has 60 heavy (non-hydrogen) atoms. The normalized spacial score (nSPS) is 17.8. The van der Waals surface area contributed by atoms with Crippen LogP contribution in [0.15, 0.2) is 4.99 Å². The van der Waals surface area contributed by atoms with Crippen molar-refractivity contribution in [2.24, 2.45) is 39.8 Å². The Hall–Kier alpha value is -4.74. The monoisotopic (exact) mass is 872 g/mol. The van der Waals surface area contributed by atoms with Crippen LogP contribution >= 0.6 is 11.8 Å². The Morgan fingerprint density at radius 2 is 1.35 bits per heavy atom. The van der Waals surface area contributed by atoms with Crippen LogP contribution in [0.25, 0.3) is 0 Å². The van der Waals surface area contributed by atoms with Gasteiger partial charge in [0.1, 0.15) is 42.3 Å². The number of hydrogen-bond acceptors (Lipinski definition) is 13. The van der Waals surface area contributed by atoms with E-state index in [0.717, 1.165) is 0 Å². The molecule has 0 radical (unpaired) electrons. The van der Waals surface area contributed by atoms with E-state index in [9.17, 15) is 48.6 Å². The van der Waals surface area contributed by atoms with Gasteiger partial charge in [-0.1, -0.05) is 27.7 Å². The van der Waals surface area contributed by atoms with Crippen LogP contribution in [0.3, 0.4) is 0 Å². The van der Waals surface area contributed by atoms with Crippen molar-refractivity contribution in [3.63, 3.8) is 0 Å². The van der Waals surface area contributed by atoms with E-state index in [4.69, 9.17) is 22.9 Å². The fourth-order valence-electron chi connectivity index (χ4n) is 6.16. The Morgan fingerprint density at radius 1 is 0.783 bits per heavy atom. The van der Waals surface area contributed by atoms with Crippen molar-refractivity contribution in [1.29, 1.82) is 0 Å². The molecule has 16 N–H and O–H groups in total. The molecule has 0 saturated carbocycles. The van der Waals surface area contributed by atoms with Gasteiger partial charge in [0.15, 0.2) is 5.96 Å². The Kier molecular flexibility index (Phi) is 23.5. The highest BCUT2D eigenvalue weighted by Crippen LogP contribution is 2.20. The van der Waals surface area contributed by atoms with Crippen molar-refractivity contribution in [2.75, 3.05) is 31.6 Å². The van der Waals surface area contributed by atoms with Crippen LogP contribution in [0, 0.1) is 11.8 Å². The zero-order valence-corrected chi connectivity index (χ0v) is 36.5. The molecule has 0 bridgehead atoms. The van der Waals surface area contributed by atoms with Gasteiger partial charge in [-0.15, -0.1) is 0 Å². The van der Waals surface area contributed by atoms with Gasteiger partial charge in [-0.3, -0.25) is 38.6 Å². The third-order valence-corrected chi connectivity index (χ3v) is 10.3. The number of nitrogens with one attached hydrogen (secondary N) is 6. The van der Waals surface area contributed by atoms with Gasteiger partial charge in [-0.25, -0.2) is 4.79 Å². The summed E-state index contributed by atoms with van der Waals surface area (Å²) >= 11 is 1.47. The number of hydrogen-bond donors (Lipinski definition) is 12. The first-order valence-electron chi connectivity index (χ1n) is 20.1. The first-order chi connectivity index (χ1) is 28.0. The number of nitrogens with zero attached hydrogens (tertiary/aromatic N) is 2. The summed E-state index contributed by atoms with van der Waals surface area (Å²) in [6.45, 7) is 9.59. The van der Waals surface area contributed by atoms with Crippen LogP contribution in [-0.4, -0.2) is 154 Å². The maximum absolute atomic E-state index is 13.8. The molecule has 7 amide bonds. The molecule has 0 aliphatic carbocycles. The Bertz CT molecular complexity index is 1510. The highest BCUT2D eigenvalue weighted by Gasteiger charge is 2.39. The smallest absolute Gasteiger partial charge is 0.327 e. The van der Waals surface area contributed by atoms with Crippen molar-refractivity contribution in [2.45, 2.75) is 135 Å². The van der Waals surface area contributed by atoms with Crippen LogP contribution in [-0.2, 0) is 38.4 Å². The lowest BCUT2D eigenvalue weighted by atomic mass is 10.0. The van der Waals surface area contributed by atoms with Crippen molar-refractivity contribution in [3.8, 4) is 0 Å². The average molecular weight is 873 g/mol. The van der Waals surface area contributed by atoms with Crippen LogP contribution in [0.5, 0.6) is 0 Å². The molecule has 1 saturated heterocycles. The van der Waals surface area contributed by atoms with Crippen LogP contribution in [0.1, 0.15) is 80.1 Å². The molecule has 342 valence electrons. The summed E-state index contributed by atoms with van der Waals surface area (Å²) in [5.41, 5.74) is 22.3. The standard InChI is InChI=1S/C37H68N12O10S/c1-18(2)16-24(31(53)47-25(17-38)36(58)59)46-34(56)28(21(6)50)48-30(52)22(10-8-13-42-37(40)41)44-32(54)26-11-9-14-49(26)35(57)20(5)43-29(51)23(12-15-60-7)45-33(55)27(39)19(3)4/h18-28,50H,8-17,38-39H2,1-7H3,(H,43,51)(H,44,54)(H,45,55)(H,46,56)(H,47,53)(H,48,52)(H,58,59)(H4,40,41,42)/t20-,21+,22-,23-,24-,25-,26-,27-,28-/m0/s1. The predicted octanol–water partition coefficient (Wildman–Crippen LogP) is -3.83. The molecule has 1 aliphatic rings. The lowest BCUT2D eigenvalue weighted by molar-refractivity contribution is -0.142. The second-order valence-electron chi connectivity index (χ2n) is 15.6. The van der Waals surface area contributed by atoms with Crippen molar-refractivity contribution in [1.82, 2.24) is 36.8 Å². The summed E-state index contributed by atoms with van der Waals surface area (Å²) in [4.78, 5) is 111. The van der Waals surface area contributed by atoms with Gasteiger partial charge >= 0.3 is 5.97 Å². The minimum Gasteiger partial charge on any atom is -0.480 e. The summed E-state index contributed by atoms with van der Waals surface area (Å²) in [5.74, 6) is -6.45. The lowest BCUT2D eigenvalue weighted by Crippen LogP contribution is -2.61. The summed E-state index contributed by atoms with van der Waals surface area (Å²) < 4.78 is 0. The third-order valence-electron chi connectivity index (χ3n) is 9.66. The number of aliphatic carboxylic acids is 1. The number of guanidine groups is 1. The molecule has 0 aromatic heterocycles. The molecule has 23 heteroatoms. The molecule has 1 fully saturated rings. The predicted molar refractivity (Wildman–Crippen MR) is 226 cm³/mol. The molecule has 22 nitrogen and oxygen atoms in total. The molecule has 9 atom stereocenters. The maximum Gasteiger partial charge on any atom is 0.327 e. The van der Waals surface area contributed by atoms with Gasteiger partial charge in [-0.2, -0.15) is 11.8 Å². The van der Waals surface area contributed by atoms with Gasteiger partial charge in [-0.05, 0) is 76.2 Å². The quantitative estimate of drug-likeness (QED) is 0.0225. The first-order valence-corrected chi connectivity index (χ1v) is 21.5. The van der Waals surface area contributed by atoms with Crippen LogP contribution in [0.2, 0.25) is 0 Å². The fraction of sp³-hybridized carbons (Fsp3) is 0.757. The Labute approximate surface area is 355 Å². The zero-order valence-electron chi connectivity index (χ0n) is 35.7. The number of amides is 7. The topological polar surface area (TPSA) is 369 Å². The average Bonchev–Trinajstić information content (AvgIpc) is 3.67. The SMILES string of the molecule is CSCC[C@H](NC(=O)[C@@H](N)C(C)C)C(=O)N[C@@H](C)C(=O)N1CCC[C@H]1C(=O)N[C@@H](CCCN=C(N)N)C(=O)N[C@H](C(=O)N[C@@H](CC(C)C)C(=O)N[C@@H](CN)C(=O)O)[C@@H](C)O. The van der Waals surface area contributed by atoms with E-state index in [-0.39, 0.29) is 63.0 Å². The molecule has 1 rings (SSSR count). The zero-order chi connectivity index (χ0) is 45.9. The minimum atomic E-state index is -1.64. The Balaban J connectivity index is 3.25. The number of carboxylic acids is 1. The highest BCUT2D eigenvalue weighted by molar-refractivity contribution is 7.98. The van der Waals surface area contributed by atoms with Crippen molar-refractivity contribution in [3.05, 3.63) is 0 Å². The van der Waals surface area contributed by atoms with Crippen LogP contribution in [0.4, 0.5) is 0 Å². The highest BCUT2D eigenvalue weighted by atomic mass is 32.2. The van der Waals surface area contributed by atoms with Gasteiger partial charge in [0, 0.05) is 19.6 Å². The molecular weight excluding hydrogens is 805 g/mol. The number of carbonyl (C=O) groups is 8. The number of nitrogens with two attached hydrogens (primary N) is 4. The Morgan fingerprint density at radius 3 is 1.88 bits per heavy atom. The largest absolute Gasteiger partial charge is 0.480 e. The number of aliphatic hydroxyl groups is 1. The third kappa shape index (κ3) is 17.9. The summed E-state index contributed by atoms with van der Waals surface area (Å²) in [6, 6.07) is -9.62. The molecule has 0 spiro atoms. The molecule has 0 aromatic carbocycles. The van der Waals surface area contributed by atoms with E-state index in [1.165, 1.54) is 30.5 Å². The number of carboxylic acid groups (broad SMARTS) is 1. The number of carbonyl (C=O) groups excluding carboxylic acids is 7. The number of rotatable bonds is 26. The maximum atomic E-state index is 13.8. The minimum absolute atomic E-state index is 0.0483. The van der Waals surface area contributed by atoms with Gasteiger partial charge in [0.2, 0.25) is 41.4 Å². The van der Waals surface area contributed by atoms with Gasteiger partial charge in [0.25, 0.3) is 0 Å². The first kappa shape index (κ1) is 53.3. The van der Waals surface area contributed by atoms with E-state index in [1.54, 1.807) is 27.7 Å². The number of thioether (sulfide) groups is 1. The van der Waals surface area contributed by atoms with E-state index in [1.807, 2.05) is 6.26 Å². The van der Waals surface area contributed by atoms with E-state index in [2.05, 4.69) is 36.9 Å². The molecule has 1 aliphatic heterocycles. The molecule has 0 aromatic rings. The lowest BCUT2D eigenvalue weighted by Gasteiger charge is -2.30.